The van der Waals surface area contributed by atoms with Gasteiger partial charge in [-0.25, -0.2) is 9.18 Å². The van der Waals surface area contributed by atoms with Gasteiger partial charge in [-0.2, -0.15) is 0 Å². The molecule has 0 spiro atoms. The molecule has 0 saturated carbocycles. The van der Waals surface area contributed by atoms with E-state index in [2.05, 4.69) is 15.6 Å². The Morgan fingerprint density at radius 2 is 1.97 bits per heavy atom. The number of aliphatic carboxylic acids is 1. The van der Waals surface area contributed by atoms with Gasteiger partial charge in [-0.3, -0.25) is 19.3 Å². The molecule has 1 fully saturated rings. The Bertz CT molecular complexity index is 1260. The van der Waals surface area contributed by atoms with Crippen molar-refractivity contribution in [3.05, 3.63) is 52.1 Å². The van der Waals surface area contributed by atoms with Gasteiger partial charge in [0.1, 0.15) is 5.82 Å². The first-order valence-corrected chi connectivity index (χ1v) is 11.5. The van der Waals surface area contributed by atoms with E-state index in [1.165, 1.54) is 24.3 Å². The summed E-state index contributed by atoms with van der Waals surface area (Å²) in [6.07, 6.45) is 1.49. The van der Waals surface area contributed by atoms with E-state index in [1.54, 1.807) is 13.8 Å². The maximum atomic E-state index is 13.8. The Kier molecular flexibility index (Phi) is 7.32. The Hall–Kier alpha value is -3.83. The van der Waals surface area contributed by atoms with Crippen molar-refractivity contribution in [2.75, 3.05) is 38.2 Å². The van der Waals surface area contributed by atoms with Gasteiger partial charge in [0.2, 0.25) is 0 Å². The lowest BCUT2D eigenvalue weighted by Crippen LogP contribution is -2.48. The SMILES string of the molecule is Cc1[nH]c(/C=C2\C(=O)Nc3ccc(F)cc32)c(C)c1C(=O)N[C@H](C(=O)O)C(=O)CCN1CCOCC1. The Labute approximate surface area is 206 Å². The number of anilines is 1. The number of ketones is 1. The number of amides is 2. The molecular weight excluding hydrogens is 471 g/mol. The van der Waals surface area contributed by atoms with Gasteiger partial charge in [0.15, 0.2) is 11.8 Å². The number of nitrogens with zero attached hydrogens (tertiary/aromatic N) is 1. The van der Waals surface area contributed by atoms with Crippen LogP contribution in [0.5, 0.6) is 0 Å². The number of Topliss-reactive ketones (excluding diaryl/α,β-unsaturated/α-hetero) is 1. The van der Waals surface area contributed by atoms with Crippen LogP contribution in [0.15, 0.2) is 18.2 Å². The van der Waals surface area contributed by atoms with Gasteiger partial charge in [0, 0.05) is 48.7 Å². The number of carbonyl (C=O) groups is 4. The molecule has 11 heteroatoms. The third-order valence-electron chi connectivity index (χ3n) is 6.38. The number of carboxylic acid groups (broad SMARTS) is 1. The zero-order chi connectivity index (χ0) is 26.0. The van der Waals surface area contributed by atoms with Crippen molar-refractivity contribution in [3.8, 4) is 0 Å². The van der Waals surface area contributed by atoms with Crippen molar-refractivity contribution in [2.45, 2.75) is 26.3 Å². The minimum Gasteiger partial charge on any atom is -0.479 e. The first-order valence-electron chi connectivity index (χ1n) is 11.5. The third kappa shape index (κ3) is 5.21. The Morgan fingerprint density at radius 3 is 2.67 bits per heavy atom. The molecule has 1 aromatic heterocycles. The molecule has 2 amide bonds. The summed E-state index contributed by atoms with van der Waals surface area (Å²) in [6.45, 7) is 6.08. The first-order chi connectivity index (χ1) is 17.2. The van der Waals surface area contributed by atoms with Crippen LogP contribution in [0.1, 0.15) is 39.3 Å². The Balaban J connectivity index is 1.52. The lowest BCUT2D eigenvalue weighted by atomic mass is 10.0. The number of nitrogens with one attached hydrogen (secondary N) is 3. The molecule has 2 aromatic rings. The number of ether oxygens (including phenoxy) is 1. The average molecular weight is 499 g/mol. The molecule has 0 unspecified atom stereocenters. The first kappa shape index (κ1) is 25.3. The van der Waals surface area contributed by atoms with E-state index in [0.29, 0.717) is 61.1 Å². The van der Waals surface area contributed by atoms with Crippen LogP contribution in [0.25, 0.3) is 11.6 Å². The number of aryl methyl sites for hydroxylation is 1. The predicted octanol–water partition coefficient (Wildman–Crippen LogP) is 1.74. The number of aromatic nitrogens is 1. The highest BCUT2D eigenvalue weighted by Crippen LogP contribution is 2.34. The second-order valence-corrected chi connectivity index (χ2v) is 8.78. The van der Waals surface area contributed by atoms with E-state index in [4.69, 9.17) is 4.74 Å². The van der Waals surface area contributed by atoms with Gasteiger partial charge in [-0.05, 0) is 43.7 Å². The highest BCUT2D eigenvalue weighted by Gasteiger charge is 2.31. The molecular formula is C25H27FN4O6. The molecule has 4 rings (SSSR count). The van der Waals surface area contributed by atoms with Gasteiger partial charge in [-0.15, -0.1) is 0 Å². The van der Waals surface area contributed by atoms with Crippen LogP contribution in [0.2, 0.25) is 0 Å². The molecule has 2 aliphatic rings. The number of carbonyl (C=O) groups excluding carboxylic acids is 3. The summed E-state index contributed by atoms with van der Waals surface area (Å²) in [7, 11) is 0. The summed E-state index contributed by atoms with van der Waals surface area (Å²) < 4.78 is 19.0. The molecule has 0 aliphatic carbocycles. The molecule has 1 saturated heterocycles. The highest BCUT2D eigenvalue weighted by atomic mass is 19.1. The number of hydrogen-bond acceptors (Lipinski definition) is 6. The molecule has 2 aliphatic heterocycles. The van der Waals surface area contributed by atoms with E-state index in [-0.39, 0.29) is 17.6 Å². The Morgan fingerprint density at radius 1 is 1.25 bits per heavy atom. The standard InChI is InChI=1S/C25H27FN4O6/c1-13-19(12-17-16-11-15(26)3-4-18(16)28-23(17)32)27-14(2)21(13)24(33)29-22(25(34)35)20(31)5-6-30-7-9-36-10-8-30/h3-4,11-12,22,27H,5-10H2,1-2H3,(H,28,32)(H,29,33)(H,34,35)/b17-12-/t22-/m0/s1. The van der Waals surface area contributed by atoms with Crippen LogP contribution < -0.4 is 10.6 Å². The number of H-pyrrole nitrogens is 1. The number of rotatable bonds is 8. The van der Waals surface area contributed by atoms with E-state index in [0.717, 1.165) is 0 Å². The highest BCUT2D eigenvalue weighted by molar-refractivity contribution is 6.35. The van der Waals surface area contributed by atoms with Gasteiger partial charge < -0.3 is 25.5 Å². The van der Waals surface area contributed by atoms with Crippen molar-refractivity contribution >= 4 is 40.9 Å². The second-order valence-electron chi connectivity index (χ2n) is 8.78. The quantitative estimate of drug-likeness (QED) is 0.321. The molecule has 0 radical (unpaired) electrons. The number of morpholine rings is 1. The fourth-order valence-electron chi connectivity index (χ4n) is 4.43. The summed E-state index contributed by atoms with van der Waals surface area (Å²) >= 11 is 0. The molecule has 36 heavy (non-hydrogen) atoms. The molecule has 0 bridgehead atoms. The molecule has 3 heterocycles. The molecule has 190 valence electrons. The lowest BCUT2D eigenvalue weighted by Gasteiger charge is -2.26. The topological polar surface area (TPSA) is 141 Å². The number of fused-ring (bicyclic) bond motifs is 1. The average Bonchev–Trinajstić information content (AvgIpc) is 3.30. The summed E-state index contributed by atoms with van der Waals surface area (Å²) in [4.78, 5) is 54.9. The maximum absolute atomic E-state index is 13.8. The van der Waals surface area contributed by atoms with Gasteiger partial charge in [-0.1, -0.05) is 0 Å². The van der Waals surface area contributed by atoms with E-state index in [1.807, 2.05) is 4.90 Å². The summed E-state index contributed by atoms with van der Waals surface area (Å²) in [5.41, 5.74) is 2.60. The normalized spacial score (nSPS) is 17.5. The van der Waals surface area contributed by atoms with Gasteiger partial charge in [0.25, 0.3) is 11.8 Å². The summed E-state index contributed by atoms with van der Waals surface area (Å²) in [5, 5.41) is 14.6. The molecule has 4 N–H and O–H groups in total. The second kappa shape index (κ2) is 10.4. The van der Waals surface area contributed by atoms with Crippen LogP contribution in [-0.2, 0) is 19.1 Å². The summed E-state index contributed by atoms with van der Waals surface area (Å²) in [5.74, 6) is -3.67. The van der Waals surface area contributed by atoms with E-state index in [9.17, 15) is 28.7 Å². The van der Waals surface area contributed by atoms with Crippen molar-refractivity contribution in [2.24, 2.45) is 0 Å². The van der Waals surface area contributed by atoms with Gasteiger partial charge >= 0.3 is 5.97 Å². The zero-order valence-corrected chi connectivity index (χ0v) is 19.9. The van der Waals surface area contributed by atoms with Crippen molar-refractivity contribution in [1.29, 1.82) is 0 Å². The minimum absolute atomic E-state index is 0.0230. The molecule has 1 aromatic carbocycles. The fraction of sp³-hybridized carbons (Fsp3) is 0.360. The maximum Gasteiger partial charge on any atom is 0.334 e. The van der Waals surface area contributed by atoms with Crippen molar-refractivity contribution < 1.29 is 33.4 Å². The van der Waals surface area contributed by atoms with Crippen LogP contribution >= 0.6 is 0 Å². The number of carboxylic acids is 1. The number of hydrogen-bond donors (Lipinski definition) is 4. The smallest absolute Gasteiger partial charge is 0.334 e. The van der Waals surface area contributed by atoms with Crippen LogP contribution in [0.4, 0.5) is 10.1 Å². The zero-order valence-electron chi connectivity index (χ0n) is 19.9. The fourth-order valence-corrected chi connectivity index (χ4v) is 4.43. The van der Waals surface area contributed by atoms with E-state index < -0.39 is 35.4 Å². The van der Waals surface area contributed by atoms with Crippen LogP contribution in [0, 0.1) is 19.7 Å². The number of halogens is 1. The number of benzene rings is 1. The predicted molar refractivity (Wildman–Crippen MR) is 129 cm³/mol. The van der Waals surface area contributed by atoms with Crippen LogP contribution in [0.3, 0.4) is 0 Å². The molecule has 1 atom stereocenters. The van der Waals surface area contributed by atoms with Gasteiger partial charge in [0.05, 0.1) is 24.4 Å². The van der Waals surface area contributed by atoms with E-state index >= 15 is 0 Å². The third-order valence-corrected chi connectivity index (χ3v) is 6.38. The monoisotopic (exact) mass is 498 g/mol. The van der Waals surface area contributed by atoms with Crippen molar-refractivity contribution in [1.82, 2.24) is 15.2 Å². The molecule has 10 nitrogen and oxygen atoms in total. The minimum atomic E-state index is -1.69. The number of aromatic amines is 1. The van der Waals surface area contributed by atoms with Crippen molar-refractivity contribution in [3.63, 3.8) is 0 Å². The largest absolute Gasteiger partial charge is 0.479 e. The summed E-state index contributed by atoms with van der Waals surface area (Å²) in [6, 6.07) is 2.27. The lowest BCUT2D eigenvalue weighted by molar-refractivity contribution is -0.143. The van der Waals surface area contributed by atoms with Crippen LogP contribution in [-0.4, -0.2) is 77.4 Å².